The summed E-state index contributed by atoms with van der Waals surface area (Å²) < 4.78 is 39.5. The fourth-order valence-corrected chi connectivity index (χ4v) is 5.97. The van der Waals surface area contributed by atoms with Crippen molar-refractivity contribution in [2.24, 2.45) is 5.92 Å². The van der Waals surface area contributed by atoms with E-state index >= 15 is 0 Å². The molecule has 2 aromatic carbocycles. The Bertz CT molecular complexity index is 1650. The predicted octanol–water partition coefficient (Wildman–Crippen LogP) is 5.25. The lowest BCUT2D eigenvalue weighted by atomic mass is 10.1. The van der Waals surface area contributed by atoms with Crippen molar-refractivity contribution in [2.45, 2.75) is 30.6 Å². The molecule has 0 radical (unpaired) electrons. The summed E-state index contributed by atoms with van der Waals surface area (Å²) in [5, 5.41) is 4.71. The monoisotopic (exact) mass is 523 g/mol. The molecule has 0 unspecified atom stereocenters. The Morgan fingerprint density at radius 2 is 1.94 bits per heavy atom. The molecule has 36 heavy (non-hydrogen) atoms. The Morgan fingerprint density at radius 3 is 2.67 bits per heavy atom. The van der Waals surface area contributed by atoms with Crippen molar-refractivity contribution in [1.82, 2.24) is 10.1 Å². The number of rotatable bonds is 5. The molecule has 10 heteroatoms. The highest BCUT2D eigenvalue weighted by atomic mass is 35.5. The van der Waals surface area contributed by atoms with E-state index in [1.165, 1.54) is 62.6 Å². The zero-order valence-electron chi connectivity index (χ0n) is 19.3. The molecule has 1 saturated carbocycles. The van der Waals surface area contributed by atoms with Crippen LogP contribution in [0.25, 0.3) is 10.9 Å². The molecule has 8 nitrogen and oxygen atoms in total. The molecule has 2 aromatic heterocycles. The first-order chi connectivity index (χ1) is 17.4. The zero-order valence-corrected chi connectivity index (χ0v) is 20.9. The summed E-state index contributed by atoms with van der Waals surface area (Å²) in [7, 11) is -2.78. The minimum Gasteiger partial charge on any atom is -0.494 e. The number of anilines is 2. The molecular weight excluding hydrogens is 502 g/mol. The number of nitrogens with zero attached hydrogens (tertiary/aromatic N) is 2. The maximum absolute atomic E-state index is 14.0. The van der Waals surface area contributed by atoms with E-state index in [2.05, 4.69) is 22.0 Å². The third-order valence-electron chi connectivity index (χ3n) is 6.12. The average Bonchev–Trinajstić information content (AvgIpc) is 3.58. The Hall–Kier alpha value is -3.74. The molecule has 4 aromatic rings. The summed E-state index contributed by atoms with van der Waals surface area (Å²) in [5.41, 5.74) is 0.943. The van der Waals surface area contributed by atoms with Gasteiger partial charge >= 0.3 is 0 Å². The normalized spacial score (nSPS) is 13.9. The van der Waals surface area contributed by atoms with Crippen molar-refractivity contribution in [1.29, 1.82) is 0 Å². The summed E-state index contributed by atoms with van der Waals surface area (Å²) in [5.74, 6) is 7.02. The molecule has 0 bridgehead atoms. The van der Waals surface area contributed by atoms with E-state index in [-0.39, 0.29) is 32.7 Å². The molecule has 1 aliphatic carbocycles. The number of hydrogen-bond donors (Lipinski definition) is 1. The third-order valence-corrected chi connectivity index (χ3v) is 8.15. The highest BCUT2D eigenvalue weighted by Crippen LogP contribution is 2.41. The molecule has 184 valence electrons. The van der Waals surface area contributed by atoms with E-state index in [0.717, 1.165) is 17.1 Å². The Kier molecular flexibility index (Phi) is 6.48. The van der Waals surface area contributed by atoms with E-state index < -0.39 is 10.0 Å². The van der Waals surface area contributed by atoms with Gasteiger partial charge in [-0.2, -0.15) is 0 Å². The lowest BCUT2D eigenvalue weighted by Crippen LogP contribution is -2.27. The zero-order chi connectivity index (χ0) is 25.3. The minimum atomic E-state index is -4.22. The van der Waals surface area contributed by atoms with Crippen LogP contribution in [0.1, 0.15) is 31.2 Å². The van der Waals surface area contributed by atoms with Gasteiger partial charge in [-0.1, -0.05) is 41.4 Å². The van der Waals surface area contributed by atoms with Crippen molar-refractivity contribution < 1.29 is 17.7 Å². The number of nitrogens with one attached hydrogen (secondary N) is 1. The highest BCUT2D eigenvalue weighted by Gasteiger charge is 2.32. The number of ether oxygens (including phenoxy) is 1. The van der Waals surface area contributed by atoms with Crippen molar-refractivity contribution in [3.63, 3.8) is 0 Å². The largest absolute Gasteiger partial charge is 0.494 e. The molecule has 1 aliphatic rings. The third kappa shape index (κ3) is 4.57. The van der Waals surface area contributed by atoms with Crippen LogP contribution in [0, 0.1) is 17.8 Å². The molecule has 1 N–H and O–H groups in total. The van der Waals surface area contributed by atoms with Gasteiger partial charge in [-0.05, 0) is 54.6 Å². The topological polar surface area (TPSA) is 106 Å². The average molecular weight is 524 g/mol. The van der Waals surface area contributed by atoms with Crippen LogP contribution in [0.4, 0.5) is 11.5 Å². The summed E-state index contributed by atoms with van der Waals surface area (Å²) in [6.45, 7) is 0. The number of methoxy groups -OCH3 is 1. The SMILES string of the molecule is COc1cc(C#CC2CCCC2)c(Cl)cc1N(c1ccon1)S(=O)(=O)c1ccc2[nH]c(=O)ccc2c1. The van der Waals surface area contributed by atoms with Gasteiger partial charge in [0, 0.05) is 29.1 Å². The number of hydrogen-bond acceptors (Lipinski definition) is 6. The van der Waals surface area contributed by atoms with Gasteiger partial charge in [0.05, 0.1) is 17.0 Å². The Balaban J connectivity index is 1.63. The molecule has 1 fully saturated rings. The van der Waals surface area contributed by atoms with Gasteiger partial charge in [-0.3, -0.25) is 4.79 Å². The quantitative estimate of drug-likeness (QED) is 0.358. The molecule has 0 spiro atoms. The van der Waals surface area contributed by atoms with Gasteiger partial charge in [0.1, 0.15) is 17.7 Å². The predicted molar refractivity (Wildman–Crippen MR) is 137 cm³/mol. The summed E-state index contributed by atoms with van der Waals surface area (Å²) >= 11 is 6.58. The highest BCUT2D eigenvalue weighted by molar-refractivity contribution is 7.93. The molecule has 0 saturated heterocycles. The second-order valence-electron chi connectivity index (χ2n) is 8.45. The van der Waals surface area contributed by atoms with E-state index in [1.807, 2.05) is 0 Å². The van der Waals surface area contributed by atoms with Crippen LogP contribution in [0.5, 0.6) is 5.75 Å². The molecule has 0 atom stereocenters. The van der Waals surface area contributed by atoms with E-state index in [4.69, 9.17) is 20.9 Å². The van der Waals surface area contributed by atoms with E-state index in [9.17, 15) is 13.2 Å². The van der Waals surface area contributed by atoms with Crippen LogP contribution in [0.3, 0.4) is 0 Å². The summed E-state index contributed by atoms with van der Waals surface area (Å²) in [6, 6.07) is 11.9. The summed E-state index contributed by atoms with van der Waals surface area (Å²) in [4.78, 5) is 14.3. The van der Waals surface area contributed by atoms with Crippen molar-refractivity contribution in [3.05, 3.63) is 75.7 Å². The van der Waals surface area contributed by atoms with Gasteiger partial charge in [0.25, 0.3) is 10.0 Å². The van der Waals surface area contributed by atoms with Gasteiger partial charge in [0.15, 0.2) is 5.82 Å². The Morgan fingerprint density at radius 1 is 1.14 bits per heavy atom. The molecular formula is C26H22ClN3O5S. The number of H-pyrrole nitrogens is 1. The number of halogens is 1. The summed E-state index contributed by atoms with van der Waals surface area (Å²) in [6.07, 6.45) is 5.75. The number of benzene rings is 2. The number of aromatic amines is 1. The number of fused-ring (bicyclic) bond motifs is 1. The van der Waals surface area contributed by atoms with Crippen LogP contribution < -0.4 is 14.6 Å². The lowest BCUT2D eigenvalue weighted by molar-refractivity contribution is 0.414. The van der Waals surface area contributed by atoms with Gasteiger partial charge in [-0.25, -0.2) is 12.7 Å². The first-order valence-corrected chi connectivity index (χ1v) is 13.2. The standard InChI is InChI=1S/C26H22ClN3O5S/c1-34-24-15-18(7-6-17-4-2-3-5-17)21(27)16-23(24)30(25-12-13-35-29-25)36(32,33)20-9-10-22-19(14-20)8-11-26(31)28-22/h8-17H,2-5H2,1H3,(H,28,31). The fraction of sp³-hybridized carbons (Fsp3) is 0.231. The fourth-order valence-electron chi connectivity index (χ4n) is 4.30. The Labute approximate surface area is 212 Å². The first kappa shape index (κ1) is 24.0. The maximum atomic E-state index is 14.0. The van der Waals surface area contributed by atoms with Crippen LogP contribution in [-0.2, 0) is 10.0 Å². The number of aromatic nitrogens is 2. The van der Waals surface area contributed by atoms with E-state index in [0.29, 0.717) is 22.4 Å². The first-order valence-electron chi connectivity index (χ1n) is 11.3. The van der Waals surface area contributed by atoms with Crippen molar-refractivity contribution >= 4 is 44.0 Å². The van der Waals surface area contributed by atoms with Crippen LogP contribution in [0.15, 0.2) is 69.0 Å². The number of sulfonamides is 1. The van der Waals surface area contributed by atoms with Crippen LogP contribution >= 0.6 is 11.6 Å². The smallest absolute Gasteiger partial charge is 0.270 e. The lowest BCUT2D eigenvalue weighted by Gasteiger charge is -2.24. The van der Waals surface area contributed by atoms with Crippen molar-refractivity contribution in [3.8, 4) is 17.6 Å². The molecule has 5 rings (SSSR count). The molecule has 0 aliphatic heterocycles. The second-order valence-corrected chi connectivity index (χ2v) is 10.6. The van der Waals surface area contributed by atoms with Gasteiger partial charge in [-0.15, -0.1) is 0 Å². The van der Waals surface area contributed by atoms with Crippen LogP contribution in [-0.4, -0.2) is 25.7 Å². The van der Waals surface area contributed by atoms with Crippen molar-refractivity contribution in [2.75, 3.05) is 11.4 Å². The molecule has 0 amide bonds. The van der Waals surface area contributed by atoms with Gasteiger partial charge in [0.2, 0.25) is 5.56 Å². The maximum Gasteiger partial charge on any atom is 0.270 e. The molecule has 2 heterocycles. The van der Waals surface area contributed by atoms with Crippen LogP contribution in [0.2, 0.25) is 5.02 Å². The minimum absolute atomic E-state index is 0.0201. The van der Waals surface area contributed by atoms with E-state index in [1.54, 1.807) is 12.1 Å². The van der Waals surface area contributed by atoms with Gasteiger partial charge < -0.3 is 14.2 Å². The number of pyridine rings is 1. The second kappa shape index (κ2) is 9.72.